The first-order valence-electron chi connectivity index (χ1n) is 5.00. The summed E-state index contributed by atoms with van der Waals surface area (Å²) in [5, 5.41) is 1.95. The topological polar surface area (TPSA) is 43.1 Å². The quantitative estimate of drug-likeness (QED) is 0.907. The Kier molecular flexibility index (Phi) is 3.88. The highest BCUT2D eigenvalue weighted by molar-refractivity contribution is 7.86. The van der Waals surface area contributed by atoms with Gasteiger partial charge in [0.15, 0.2) is 0 Å². The Labute approximate surface area is 102 Å². The van der Waals surface area contributed by atoms with Gasteiger partial charge in [-0.05, 0) is 22.6 Å². The molecule has 16 heavy (non-hydrogen) atoms. The normalized spacial score (nSPS) is 12.6. The van der Waals surface area contributed by atoms with Gasteiger partial charge >= 0.3 is 0 Å². The third-order valence-electron chi connectivity index (χ3n) is 2.34. The van der Waals surface area contributed by atoms with Crippen LogP contribution in [0.5, 0.6) is 0 Å². The highest BCUT2D eigenvalue weighted by atomic mass is 32.2. The van der Waals surface area contributed by atoms with E-state index in [9.17, 15) is 4.21 Å². The molecule has 1 atom stereocenters. The maximum atomic E-state index is 12.0. The maximum Gasteiger partial charge on any atom is 0.0913 e. The van der Waals surface area contributed by atoms with E-state index in [0.29, 0.717) is 12.3 Å². The van der Waals surface area contributed by atoms with Crippen LogP contribution in [0.4, 0.5) is 0 Å². The van der Waals surface area contributed by atoms with Crippen molar-refractivity contribution in [2.45, 2.75) is 16.5 Å². The smallest absolute Gasteiger partial charge is 0.0913 e. The molecule has 84 valence electrons. The van der Waals surface area contributed by atoms with Crippen LogP contribution in [0.25, 0.3) is 0 Å². The number of rotatable bonds is 4. The van der Waals surface area contributed by atoms with E-state index < -0.39 is 10.8 Å². The zero-order chi connectivity index (χ0) is 11.4. The van der Waals surface area contributed by atoms with Gasteiger partial charge in [0.1, 0.15) is 0 Å². The molecule has 1 heterocycles. The number of hydrogen-bond acceptors (Lipinski definition) is 3. The van der Waals surface area contributed by atoms with Gasteiger partial charge in [-0.3, -0.25) is 4.21 Å². The Bertz CT molecular complexity index is 480. The molecular weight excluding hydrogens is 238 g/mol. The molecule has 2 N–H and O–H groups in total. The largest absolute Gasteiger partial charge is 0.326 e. The summed E-state index contributed by atoms with van der Waals surface area (Å²) < 4.78 is 12.9. The van der Waals surface area contributed by atoms with E-state index in [1.165, 1.54) is 11.3 Å². The number of benzene rings is 1. The van der Waals surface area contributed by atoms with E-state index >= 15 is 0 Å². The van der Waals surface area contributed by atoms with E-state index in [0.717, 1.165) is 15.3 Å². The molecule has 2 rings (SSSR count). The van der Waals surface area contributed by atoms with Crippen LogP contribution in [0.1, 0.15) is 11.1 Å². The van der Waals surface area contributed by atoms with E-state index in [2.05, 4.69) is 0 Å². The van der Waals surface area contributed by atoms with Crippen molar-refractivity contribution in [3.63, 3.8) is 0 Å². The van der Waals surface area contributed by atoms with Crippen molar-refractivity contribution < 1.29 is 4.21 Å². The minimum absolute atomic E-state index is 0.498. The van der Waals surface area contributed by atoms with Crippen LogP contribution in [-0.2, 0) is 23.1 Å². The summed E-state index contributed by atoms with van der Waals surface area (Å²) in [5.74, 6) is 0.549. The summed E-state index contributed by atoms with van der Waals surface area (Å²) in [4.78, 5) is 0. The molecule has 0 saturated heterocycles. The van der Waals surface area contributed by atoms with E-state index in [4.69, 9.17) is 5.73 Å². The Morgan fingerprint density at radius 2 is 1.88 bits per heavy atom. The number of nitrogens with two attached hydrogens (primary N) is 1. The molecule has 4 heteroatoms. The first-order valence-corrected chi connectivity index (χ1v) is 7.20. The lowest BCUT2D eigenvalue weighted by molar-refractivity contribution is 0.684. The molecule has 0 amide bonds. The fourth-order valence-corrected chi connectivity index (χ4v) is 3.66. The van der Waals surface area contributed by atoms with Gasteiger partial charge in [-0.15, -0.1) is 11.3 Å². The number of thiophene rings is 1. The summed E-state index contributed by atoms with van der Waals surface area (Å²) in [6.45, 7) is 0.498. The first kappa shape index (κ1) is 11.5. The Morgan fingerprint density at radius 1 is 1.12 bits per heavy atom. The lowest BCUT2D eigenvalue weighted by atomic mass is 10.1. The molecule has 1 aromatic carbocycles. The fraction of sp³-hybridized carbons (Fsp3) is 0.167. The van der Waals surface area contributed by atoms with Crippen LogP contribution in [0, 0.1) is 0 Å². The summed E-state index contributed by atoms with van der Waals surface area (Å²) >= 11 is 1.53. The second-order valence-electron chi connectivity index (χ2n) is 3.39. The maximum absolute atomic E-state index is 12.0. The van der Waals surface area contributed by atoms with Gasteiger partial charge in [0.2, 0.25) is 0 Å². The minimum atomic E-state index is -0.952. The first-order chi connectivity index (χ1) is 7.81. The Morgan fingerprint density at radius 3 is 2.50 bits per heavy atom. The molecular formula is C12H13NOS2. The van der Waals surface area contributed by atoms with Gasteiger partial charge in [0, 0.05) is 6.54 Å². The van der Waals surface area contributed by atoms with Crippen LogP contribution in [0.15, 0.2) is 46.0 Å². The lowest BCUT2D eigenvalue weighted by Gasteiger charge is -2.06. The second kappa shape index (κ2) is 5.39. The SMILES string of the molecule is NCc1ccccc1CS(=O)c1cccs1. The Hall–Kier alpha value is -0.970. The van der Waals surface area contributed by atoms with E-state index in [-0.39, 0.29) is 0 Å². The molecule has 0 fully saturated rings. The molecule has 0 radical (unpaired) electrons. The lowest BCUT2D eigenvalue weighted by Crippen LogP contribution is -2.03. The molecule has 2 nitrogen and oxygen atoms in total. The van der Waals surface area contributed by atoms with Gasteiger partial charge < -0.3 is 5.73 Å². The monoisotopic (exact) mass is 251 g/mol. The average molecular weight is 251 g/mol. The number of hydrogen-bond donors (Lipinski definition) is 1. The van der Waals surface area contributed by atoms with Gasteiger partial charge in [-0.25, -0.2) is 0 Å². The van der Waals surface area contributed by atoms with Crippen molar-refractivity contribution in [2.24, 2.45) is 5.73 Å². The molecule has 0 bridgehead atoms. The molecule has 0 aliphatic rings. The average Bonchev–Trinajstić information content (AvgIpc) is 2.83. The molecule has 0 spiro atoms. The van der Waals surface area contributed by atoms with Gasteiger partial charge in [0.25, 0.3) is 0 Å². The molecule has 1 unspecified atom stereocenters. The molecule has 0 aliphatic heterocycles. The summed E-state index contributed by atoms with van der Waals surface area (Å²) in [5.41, 5.74) is 7.81. The summed E-state index contributed by atoms with van der Waals surface area (Å²) in [6.07, 6.45) is 0. The van der Waals surface area contributed by atoms with Gasteiger partial charge in [-0.2, -0.15) is 0 Å². The van der Waals surface area contributed by atoms with Gasteiger partial charge in [-0.1, -0.05) is 30.3 Å². The fourth-order valence-electron chi connectivity index (χ4n) is 1.50. The minimum Gasteiger partial charge on any atom is -0.326 e. The van der Waals surface area contributed by atoms with Crippen LogP contribution >= 0.6 is 11.3 Å². The van der Waals surface area contributed by atoms with Gasteiger partial charge in [0.05, 0.1) is 20.8 Å². The molecule has 1 aromatic heterocycles. The van der Waals surface area contributed by atoms with Crippen LogP contribution < -0.4 is 5.73 Å². The standard InChI is InChI=1S/C12H13NOS2/c13-8-10-4-1-2-5-11(10)9-16(14)12-6-3-7-15-12/h1-7H,8-9,13H2. The van der Waals surface area contributed by atoms with Crippen LogP contribution in [-0.4, -0.2) is 4.21 Å². The molecule has 2 aromatic rings. The third-order valence-corrected chi connectivity index (χ3v) is 5.01. The van der Waals surface area contributed by atoms with E-state index in [1.807, 2.05) is 41.8 Å². The molecule has 0 aliphatic carbocycles. The van der Waals surface area contributed by atoms with Crippen molar-refractivity contribution in [2.75, 3.05) is 0 Å². The highest BCUT2D eigenvalue weighted by Gasteiger charge is 2.08. The van der Waals surface area contributed by atoms with Crippen molar-refractivity contribution >= 4 is 22.1 Å². The van der Waals surface area contributed by atoms with Crippen molar-refractivity contribution in [1.82, 2.24) is 0 Å². The zero-order valence-electron chi connectivity index (χ0n) is 8.76. The second-order valence-corrected chi connectivity index (χ2v) is 6.02. The van der Waals surface area contributed by atoms with Crippen molar-refractivity contribution in [3.05, 3.63) is 52.9 Å². The van der Waals surface area contributed by atoms with E-state index in [1.54, 1.807) is 0 Å². The van der Waals surface area contributed by atoms with Crippen molar-refractivity contribution in [3.8, 4) is 0 Å². The predicted molar refractivity (Wildman–Crippen MR) is 68.8 cm³/mol. The van der Waals surface area contributed by atoms with Crippen LogP contribution in [0.3, 0.4) is 0 Å². The third kappa shape index (κ3) is 2.58. The Balaban J connectivity index is 2.18. The summed E-state index contributed by atoms with van der Waals surface area (Å²) in [6, 6.07) is 11.7. The predicted octanol–water partition coefficient (Wildman–Crippen LogP) is 2.51. The van der Waals surface area contributed by atoms with Crippen molar-refractivity contribution in [1.29, 1.82) is 0 Å². The zero-order valence-corrected chi connectivity index (χ0v) is 10.4. The summed E-state index contributed by atoms with van der Waals surface area (Å²) in [7, 11) is -0.952. The molecule has 0 saturated carbocycles. The van der Waals surface area contributed by atoms with Crippen LogP contribution in [0.2, 0.25) is 0 Å². The highest BCUT2D eigenvalue weighted by Crippen LogP contribution is 2.19.